The molecule has 42 heavy (non-hydrogen) atoms. The summed E-state index contributed by atoms with van der Waals surface area (Å²) in [4.78, 5) is 59.0. The number of carbonyl (C=O) groups excluding carboxylic acids is 4. The van der Waals surface area contributed by atoms with Crippen molar-refractivity contribution in [2.45, 2.75) is 64.2 Å². The standard InChI is InChI=1S/C31H41ClN6O4/c1-20-16-24(8-9-25(20)32)34-30(41)26(12-13-33)35-31(42)27-17-22-6-4-5-7-23(22)19-38(27)29(40)11-10-28(39)37-15-14-36(3)18-21(37)2/h4-9,16,21,26-27H,10-15,17-19,33H2,1-3H3,(H,34,41)(H,35,42)/t21-,26+,27+/m1/s1. The summed E-state index contributed by atoms with van der Waals surface area (Å²) in [5.74, 6) is -1.16. The van der Waals surface area contributed by atoms with Gasteiger partial charge >= 0.3 is 0 Å². The van der Waals surface area contributed by atoms with E-state index < -0.39 is 23.9 Å². The number of aryl methyl sites for hydroxylation is 1. The summed E-state index contributed by atoms with van der Waals surface area (Å²) in [6, 6.07) is 11.2. The number of likely N-dealkylation sites (N-methyl/N-ethyl adjacent to an activating group) is 1. The van der Waals surface area contributed by atoms with Gasteiger partial charge in [-0.25, -0.2) is 0 Å². The summed E-state index contributed by atoms with van der Waals surface area (Å²) >= 11 is 6.11. The fourth-order valence-electron chi connectivity index (χ4n) is 5.69. The predicted molar refractivity (Wildman–Crippen MR) is 163 cm³/mol. The van der Waals surface area contributed by atoms with Crippen molar-refractivity contribution < 1.29 is 19.2 Å². The quantitative estimate of drug-likeness (QED) is 0.408. The van der Waals surface area contributed by atoms with Gasteiger partial charge in [0.2, 0.25) is 23.6 Å². The molecule has 2 aromatic carbocycles. The van der Waals surface area contributed by atoms with E-state index in [1.54, 1.807) is 23.1 Å². The van der Waals surface area contributed by atoms with E-state index in [0.717, 1.165) is 29.8 Å². The molecule has 4 N–H and O–H groups in total. The lowest BCUT2D eigenvalue weighted by molar-refractivity contribution is -0.144. The van der Waals surface area contributed by atoms with Gasteiger partial charge in [-0.2, -0.15) is 0 Å². The molecule has 1 saturated heterocycles. The molecule has 2 aliphatic heterocycles. The SMILES string of the molecule is Cc1cc(NC(=O)[C@H](CCN)NC(=O)[C@@H]2Cc3ccccc3CN2C(=O)CCC(=O)N2CCN(C)C[C@H]2C)ccc1Cl. The van der Waals surface area contributed by atoms with E-state index in [-0.39, 0.29) is 50.2 Å². The largest absolute Gasteiger partial charge is 0.342 e. The molecule has 0 bridgehead atoms. The highest BCUT2D eigenvalue weighted by atomic mass is 35.5. The number of anilines is 1. The summed E-state index contributed by atoms with van der Waals surface area (Å²) in [6.45, 7) is 6.50. The summed E-state index contributed by atoms with van der Waals surface area (Å²) in [5, 5.41) is 6.26. The second kappa shape index (κ2) is 14.1. The molecule has 2 heterocycles. The van der Waals surface area contributed by atoms with E-state index in [9.17, 15) is 19.2 Å². The van der Waals surface area contributed by atoms with Crippen LogP contribution in [0.1, 0.15) is 42.9 Å². The molecule has 0 aliphatic carbocycles. The normalized spacial score (nSPS) is 19.5. The molecular formula is C31H41ClN6O4. The molecule has 2 aromatic rings. The molecule has 0 spiro atoms. The Morgan fingerprint density at radius 1 is 1.02 bits per heavy atom. The van der Waals surface area contributed by atoms with Crippen LogP contribution in [0.4, 0.5) is 5.69 Å². The Bertz CT molecular complexity index is 1320. The first-order chi connectivity index (χ1) is 20.1. The van der Waals surface area contributed by atoms with Crippen molar-refractivity contribution in [1.29, 1.82) is 0 Å². The molecule has 4 rings (SSSR count). The van der Waals surface area contributed by atoms with Gasteiger partial charge in [-0.15, -0.1) is 0 Å². The number of nitrogens with two attached hydrogens (primary N) is 1. The average molecular weight is 597 g/mol. The number of rotatable bonds is 9. The number of fused-ring (bicyclic) bond motifs is 1. The fraction of sp³-hybridized carbons (Fsp3) is 0.484. The maximum Gasteiger partial charge on any atom is 0.246 e. The van der Waals surface area contributed by atoms with Gasteiger partial charge in [0.25, 0.3) is 0 Å². The zero-order chi connectivity index (χ0) is 30.4. The third-order valence-electron chi connectivity index (χ3n) is 8.09. The van der Waals surface area contributed by atoms with Gasteiger partial charge in [0.05, 0.1) is 0 Å². The van der Waals surface area contributed by atoms with Gasteiger partial charge in [-0.1, -0.05) is 35.9 Å². The second-order valence-corrected chi connectivity index (χ2v) is 11.7. The number of nitrogens with one attached hydrogen (secondary N) is 2. The van der Waals surface area contributed by atoms with Crippen molar-refractivity contribution in [3.05, 3.63) is 64.2 Å². The van der Waals surface area contributed by atoms with Gasteiger partial charge < -0.3 is 31.1 Å². The van der Waals surface area contributed by atoms with Crippen LogP contribution in [0.25, 0.3) is 0 Å². The van der Waals surface area contributed by atoms with Gasteiger partial charge in [0.15, 0.2) is 0 Å². The molecule has 10 nitrogen and oxygen atoms in total. The molecule has 2 aliphatic rings. The lowest BCUT2D eigenvalue weighted by Gasteiger charge is -2.39. The maximum absolute atomic E-state index is 13.7. The molecule has 1 fully saturated rings. The Labute approximate surface area is 252 Å². The molecule has 0 unspecified atom stereocenters. The van der Waals surface area contributed by atoms with Gasteiger partial charge in [0.1, 0.15) is 12.1 Å². The first-order valence-corrected chi connectivity index (χ1v) is 14.9. The fourth-order valence-corrected chi connectivity index (χ4v) is 5.80. The molecule has 11 heteroatoms. The van der Waals surface area contributed by atoms with E-state index in [1.165, 1.54) is 0 Å². The highest BCUT2D eigenvalue weighted by Gasteiger charge is 2.36. The van der Waals surface area contributed by atoms with Crippen LogP contribution in [0, 0.1) is 6.92 Å². The summed E-state index contributed by atoms with van der Waals surface area (Å²) in [7, 11) is 2.03. The van der Waals surface area contributed by atoms with Crippen molar-refractivity contribution in [2.75, 3.05) is 38.5 Å². The lowest BCUT2D eigenvalue weighted by Crippen LogP contribution is -2.56. The zero-order valence-corrected chi connectivity index (χ0v) is 25.3. The number of nitrogens with zero attached hydrogens (tertiary/aromatic N) is 3. The Kier molecular flexibility index (Phi) is 10.6. The van der Waals surface area contributed by atoms with Crippen molar-refractivity contribution >= 4 is 40.9 Å². The van der Waals surface area contributed by atoms with Crippen LogP contribution >= 0.6 is 11.6 Å². The Balaban J connectivity index is 1.46. The van der Waals surface area contributed by atoms with E-state index in [0.29, 0.717) is 23.7 Å². The Hall–Kier alpha value is -3.47. The maximum atomic E-state index is 13.7. The van der Waals surface area contributed by atoms with Crippen molar-refractivity contribution in [3.63, 3.8) is 0 Å². The van der Waals surface area contributed by atoms with Crippen molar-refractivity contribution in [3.8, 4) is 0 Å². The summed E-state index contributed by atoms with van der Waals surface area (Å²) < 4.78 is 0. The van der Waals surface area contributed by atoms with E-state index in [4.69, 9.17) is 17.3 Å². The van der Waals surface area contributed by atoms with Crippen LogP contribution in [0.5, 0.6) is 0 Å². The monoisotopic (exact) mass is 596 g/mol. The van der Waals surface area contributed by atoms with Crippen LogP contribution in [-0.2, 0) is 32.1 Å². The highest BCUT2D eigenvalue weighted by molar-refractivity contribution is 6.31. The van der Waals surface area contributed by atoms with Crippen LogP contribution < -0.4 is 16.4 Å². The number of hydrogen-bond donors (Lipinski definition) is 3. The third-order valence-corrected chi connectivity index (χ3v) is 8.51. The number of hydrogen-bond acceptors (Lipinski definition) is 6. The van der Waals surface area contributed by atoms with Gasteiger partial charge in [-0.05, 0) is 68.8 Å². The van der Waals surface area contributed by atoms with E-state index in [2.05, 4.69) is 15.5 Å². The predicted octanol–water partition coefficient (Wildman–Crippen LogP) is 2.32. The van der Waals surface area contributed by atoms with Crippen LogP contribution in [0.3, 0.4) is 0 Å². The third kappa shape index (κ3) is 7.67. The first kappa shape index (κ1) is 31.5. The molecule has 0 saturated carbocycles. The molecule has 0 radical (unpaired) electrons. The Morgan fingerprint density at radius 3 is 2.38 bits per heavy atom. The minimum Gasteiger partial charge on any atom is -0.342 e. The molecule has 0 aromatic heterocycles. The lowest BCUT2D eigenvalue weighted by atomic mass is 9.92. The van der Waals surface area contributed by atoms with Gasteiger partial charge in [0, 0.05) is 62.2 Å². The van der Waals surface area contributed by atoms with Crippen LogP contribution in [0.15, 0.2) is 42.5 Å². The van der Waals surface area contributed by atoms with E-state index in [1.807, 2.05) is 50.1 Å². The topological polar surface area (TPSA) is 128 Å². The van der Waals surface area contributed by atoms with Crippen molar-refractivity contribution in [2.24, 2.45) is 5.73 Å². The van der Waals surface area contributed by atoms with Crippen LogP contribution in [0.2, 0.25) is 5.02 Å². The number of benzene rings is 2. The number of amides is 4. The average Bonchev–Trinajstić information content (AvgIpc) is 2.96. The first-order valence-electron chi connectivity index (χ1n) is 14.5. The molecule has 226 valence electrons. The second-order valence-electron chi connectivity index (χ2n) is 11.3. The molecular weight excluding hydrogens is 556 g/mol. The number of halogens is 1. The zero-order valence-electron chi connectivity index (χ0n) is 24.6. The molecule has 3 atom stereocenters. The van der Waals surface area contributed by atoms with Gasteiger partial charge in [-0.3, -0.25) is 19.2 Å². The number of carbonyl (C=O) groups is 4. The highest BCUT2D eigenvalue weighted by Crippen LogP contribution is 2.25. The number of piperazine rings is 1. The minimum absolute atomic E-state index is 0.00642. The smallest absolute Gasteiger partial charge is 0.246 e. The van der Waals surface area contributed by atoms with Crippen molar-refractivity contribution in [1.82, 2.24) is 20.0 Å². The summed E-state index contributed by atoms with van der Waals surface area (Å²) in [5.41, 5.74) is 9.09. The summed E-state index contributed by atoms with van der Waals surface area (Å²) in [6.07, 6.45) is 0.619. The Morgan fingerprint density at radius 2 is 1.71 bits per heavy atom. The van der Waals surface area contributed by atoms with E-state index >= 15 is 0 Å². The molecule has 4 amide bonds. The van der Waals surface area contributed by atoms with Crippen LogP contribution in [-0.4, -0.2) is 89.7 Å². The minimum atomic E-state index is -0.895.